The van der Waals surface area contributed by atoms with Crippen molar-refractivity contribution >= 4 is 17.7 Å². The zero-order valence-corrected chi connectivity index (χ0v) is 12.1. The maximum absolute atomic E-state index is 11.6. The Hall–Kier alpha value is -1.19. The average Bonchev–Trinajstić information content (AvgIpc) is 2.86. The Kier molecular flexibility index (Phi) is 8.10. The summed E-state index contributed by atoms with van der Waals surface area (Å²) >= 11 is 1.33. The molecule has 2 N–H and O–H groups in total. The SMILES string of the molecule is CNCCn1nnnc1SCC(=O)NCCCOC. The van der Waals surface area contributed by atoms with Crippen molar-refractivity contribution in [3.63, 3.8) is 0 Å². The molecule has 0 unspecified atom stereocenters. The number of carbonyl (C=O) groups is 1. The van der Waals surface area contributed by atoms with Crippen LogP contribution in [0.5, 0.6) is 0 Å². The van der Waals surface area contributed by atoms with Crippen LogP contribution in [0.4, 0.5) is 0 Å². The molecule has 9 heteroatoms. The highest BCUT2D eigenvalue weighted by atomic mass is 32.2. The largest absolute Gasteiger partial charge is 0.385 e. The molecule has 19 heavy (non-hydrogen) atoms. The number of nitrogens with one attached hydrogen (secondary N) is 2. The highest BCUT2D eigenvalue weighted by Gasteiger charge is 2.09. The van der Waals surface area contributed by atoms with E-state index in [1.807, 2.05) is 7.05 Å². The van der Waals surface area contributed by atoms with Crippen LogP contribution in [-0.4, -0.2) is 65.7 Å². The van der Waals surface area contributed by atoms with Crippen LogP contribution in [-0.2, 0) is 16.1 Å². The predicted octanol–water partition coefficient (Wildman–Crippen LogP) is -0.863. The molecule has 0 aromatic carbocycles. The Morgan fingerprint density at radius 2 is 2.32 bits per heavy atom. The van der Waals surface area contributed by atoms with Gasteiger partial charge in [0, 0.05) is 26.8 Å². The lowest BCUT2D eigenvalue weighted by molar-refractivity contribution is -0.118. The van der Waals surface area contributed by atoms with E-state index < -0.39 is 0 Å². The maximum atomic E-state index is 11.6. The van der Waals surface area contributed by atoms with Gasteiger partial charge in [0.2, 0.25) is 11.1 Å². The van der Waals surface area contributed by atoms with Crippen LogP contribution in [0.2, 0.25) is 0 Å². The Labute approximate surface area is 116 Å². The molecule has 0 aliphatic carbocycles. The number of methoxy groups -OCH3 is 1. The minimum absolute atomic E-state index is 0.0238. The summed E-state index contributed by atoms with van der Waals surface area (Å²) in [6, 6.07) is 0. The molecule has 1 aromatic heterocycles. The number of hydrogen-bond acceptors (Lipinski definition) is 7. The Bertz CT molecular complexity index is 373. The fourth-order valence-corrected chi connectivity index (χ4v) is 2.02. The number of hydrogen-bond donors (Lipinski definition) is 2. The fourth-order valence-electron chi connectivity index (χ4n) is 1.28. The van der Waals surface area contributed by atoms with Crippen molar-refractivity contribution in [2.24, 2.45) is 0 Å². The molecule has 0 radical (unpaired) electrons. The summed E-state index contributed by atoms with van der Waals surface area (Å²) in [5, 5.41) is 17.8. The van der Waals surface area contributed by atoms with E-state index in [1.165, 1.54) is 11.8 Å². The quantitative estimate of drug-likeness (QED) is 0.427. The van der Waals surface area contributed by atoms with E-state index in [1.54, 1.807) is 11.8 Å². The van der Waals surface area contributed by atoms with Crippen molar-refractivity contribution < 1.29 is 9.53 Å². The molecule has 0 saturated carbocycles. The number of tetrazole rings is 1. The summed E-state index contributed by atoms with van der Waals surface area (Å²) < 4.78 is 6.58. The Morgan fingerprint density at radius 3 is 3.05 bits per heavy atom. The molecule has 1 aromatic rings. The Balaban J connectivity index is 2.24. The monoisotopic (exact) mass is 288 g/mol. The minimum Gasteiger partial charge on any atom is -0.385 e. The molecule has 8 nitrogen and oxygen atoms in total. The number of ether oxygens (including phenoxy) is 1. The van der Waals surface area contributed by atoms with E-state index in [2.05, 4.69) is 26.2 Å². The standard InChI is InChI=1S/C10H20N6O2S/c1-11-5-6-16-10(13-14-15-16)19-8-9(17)12-4-3-7-18-2/h11H,3-8H2,1-2H3,(H,12,17). The number of thioether (sulfide) groups is 1. The first-order valence-corrected chi connectivity index (χ1v) is 7.05. The van der Waals surface area contributed by atoms with E-state index >= 15 is 0 Å². The second-order valence-corrected chi connectivity index (χ2v) is 4.72. The fraction of sp³-hybridized carbons (Fsp3) is 0.800. The zero-order chi connectivity index (χ0) is 13.9. The average molecular weight is 288 g/mol. The molecule has 0 saturated heterocycles. The summed E-state index contributed by atoms with van der Waals surface area (Å²) in [7, 11) is 3.51. The van der Waals surface area contributed by atoms with Gasteiger partial charge in [-0.3, -0.25) is 4.79 Å². The smallest absolute Gasteiger partial charge is 0.230 e. The van der Waals surface area contributed by atoms with Crippen molar-refractivity contribution in [1.29, 1.82) is 0 Å². The molecule has 0 bridgehead atoms. The lowest BCUT2D eigenvalue weighted by Gasteiger charge is -2.05. The molecule has 1 amide bonds. The van der Waals surface area contributed by atoms with Gasteiger partial charge in [-0.15, -0.1) is 5.10 Å². The third kappa shape index (κ3) is 6.50. The first kappa shape index (κ1) is 15.9. The van der Waals surface area contributed by atoms with Crippen molar-refractivity contribution in [3.05, 3.63) is 0 Å². The van der Waals surface area contributed by atoms with Gasteiger partial charge in [-0.05, 0) is 23.9 Å². The highest BCUT2D eigenvalue weighted by molar-refractivity contribution is 7.99. The number of rotatable bonds is 10. The van der Waals surface area contributed by atoms with Crippen LogP contribution >= 0.6 is 11.8 Å². The molecular weight excluding hydrogens is 268 g/mol. The van der Waals surface area contributed by atoms with Crippen molar-refractivity contribution in [2.45, 2.75) is 18.1 Å². The van der Waals surface area contributed by atoms with Gasteiger partial charge in [-0.2, -0.15) is 0 Å². The van der Waals surface area contributed by atoms with Gasteiger partial charge in [-0.25, -0.2) is 4.68 Å². The summed E-state index contributed by atoms with van der Waals surface area (Å²) in [5.74, 6) is 0.289. The highest BCUT2D eigenvalue weighted by Crippen LogP contribution is 2.12. The molecule has 108 valence electrons. The van der Waals surface area contributed by atoms with Gasteiger partial charge in [0.05, 0.1) is 12.3 Å². The number of likely N-dealkylation sites (N-methyl/N-ethyl adjacent to an activating group) is 1. The summed E-state index contributed by atoms with van der Waals surface area (Å²) in [5.41, 5.74) is 0. The number of aromatic nitrogens is 4. The number of nitrogens with zero attached hydrogens (tertiary/aromatic N) is 4. The Morgan fingerprint density at radius 1 is 1.47 bits per heavy atom. The summed E-state index contributed by atoms with van der Waals surface area (Å²) in [6.07, 6.45) is 0.812. The van der Waals surface area contributed by atoms with Gasteiger partial charge in [0.15, 0.2) is 0 Å². The van der Waals surface area contributed by atoms with Crippen LogP contribution in [0, 0.1) is 0 Å². The normalized spacial score (nSPS) is 10.6. The van der Waals surface area contributed by atoms with Crippen LogP contribution in [0.3, 0.4) is 0 Å². The van der Waals surface area contributed by atoms with Gasteiger partial charge in [0.1, 0.15) is 0 Å². The number of carbonyl (C=O) groups excluding carboxylic acids is 1. The van der Waals surface area contributed by atoms with Gasteiger partial charge in [0.25, 0.3) is 0 Å². The topological polar surface area (TPSA) is 94.0 Å². The molecule has 1 rings (SSSR count). The van der Waals surface area contributed by atoms with Crippen LogP contribution in [0.25, 0.3) is 0 Å². The van der Waals surface area contributed by atoms with E-state index in [0.717, 1.165) is 13.0 Å². The first-order valence-electron chi connectivity index (χ1n) is 6.07. The zero-order valence-electron chi connectivity index (χ0n) is 11.3. The van der Waals surface area contributed by atoms with Gasteiger partial charge >= 0.3 is 0 Å². The van der Waals surface area contributed by atoms with E-state index in [9.17, 15) is 4.79 Å². The molecule has 0 spiro atoms. The van der Waals surface area contributed by atoms with E-state index in [-0.39, 0.29) is 5.91 Å². The third-order valence-electron chi connectivity index (χ3n) is 2.25. The van der Waals surface area contributed by atoms with Crippen LogP contribution in [0.1, 0.15) is 6.42 Å². The third-order valence-corrected chi connectivity index (χ3v) is 3.21. The molecule has 1 heterocycles. The molecule has 0 aliphatic heterocycles. The lowest BCUT2D eigenvalue weighted by atomic mass is 10.4. The van der Waals surface area contributed by atoms with Crippen molar-refractivity contribution in [3.8, 4) is 0 Å². The lowest BCUT2D eigenvalue weighted by Crippen LogP contribution is -2.27. The summed E-state index contributed by atoms with van der Waals surface area (Å²) in [6.45, 7) is 2.73. The van der Waals surface area contributed by atoms with Crippen molar-refractivity contribution in [1.82, 2.24) is 30.8 Å². The van der Waals surface area contributed by atoms with Crippen LogP contribution in [0.15, 0.2) is 5.16 Å². The molecule has 0 atom stereocenters. The first-order chi connectivity index (χ1) is 9.27. The van der Waals surface area contributed by atoms with Crippen molar-refractivity contribution in [2.75, 3.05) is 39.6 Å². The number of amides is 1. The maximum Gasteiger partial charge on any atom is 0.230 e. The predicted molar refractivity (Wildman–Crippen MR) is 72.0 cm³/mol. The second-order valence-electron chi connectivity index (χ2n) is 3.77. The van der Waals surface area contributed by atoms with Gasteiger partial charge in [-0.1, -0.05) is 11.8 Å². The van der Waals surface area contributed by atoms with E-state index in [4.69, 9.17) is 4.74 Å². The summed E-state index contributed by atoms with van der Waals surface area (Å²) in [4.78, 5) is 11.6. The second kappa shape index (κ2) is 9.70. The molecular formula is C10H20N6O2S. The minimum atomic E-state index is -0.0238. The van der Waals surface area contributed by atoms with E-state index in [0.29, 0.717) is 30.6 Å². The molecule has 0 aliphatic rings. The van der Waals surface area contributed by atoms with Gasteiger partial charge < -0.3 is 15.4 Å². The van der Waals surface area contributed by atoms with Crippen LogP contribution < -0.4 is 10.6 Å². The molecule has 0 fully saturated rings.